The zero-order valence-corrected chi connectivity index (χ0v) is 20.2. The lowest BCUT2D eigenvalue weighted by atomic mass is 9.71. The number of fused-ring (bicyclic) bond motifs is 3. The third-order valence-corrected chi connectivity index (χ3v) is 7.95. The summed E-state index contributed by atoms with van der Waals surface area (Å²) in [5.41, 5.74) is 3.94. The van der Waals surface area contributed by atoms with Crippen molar-refractivity contribution in [1.29, 1.82) is 0 Å². The molecule has 166 valence electrons. The van der Waals surface area contributed by atoms with Gasteiger partial charge in [0.1, 0.15) is 11.3 Å². The monoisotopic (exact) mass is 439 g/mol. The minimum absolute atomic E-state index is 0.0218. The summed E-state index contributed by atoms with van der Waals surface area (Å²) in [6, 6.07) is 12.7. The van der Waals surface area contributed by atoms with Gasteiger partial charge >= 0.3 is 0 Å². The molecule has 3 aromatic rings. The van der Waals surface area contributed by atoms with Crippen molar-refractivity contribution in [2.75, 3.05) is 4.72 Å². The van der Waals surface area contributed by atoms with Gasteiger partial charge in [-0.05, 0) is 65.5 Å². The zero-order chi connectivity index (χ0) is 22.6. The third-order valence-electron chi connectivity index (χ3n) is 6.55. The molecule has 0 saturated heterocycles. The maximum atomic E-state index is 13.0. The first kappa shape index (κ1) is 21.9. The van der Waals surface area contributed by atoms with Crippen LogP contribution in [0.4, 0.5) is 5.69 Å². The van der Waals surface area contributed by atoms with Crippen molar-refractivity contribution in [2.24, 2.45) is 11.3 Å². The Morgan fingerprint density at radius 3 is 2.26 bits per heavy atom. The Balaban J connectivity index is 1.63. The standard InChI is InChI=1S/C26H33NO3S/c1-25(2,3)17-7-11-20(12-8-17)31(28,29)27-19-10-14-24-22(16-19)21-15-18(26(4,5)6)9-13-23(21)30-24/h7-8,10-12,14,16,18,27H,9,13,15H2,1-6H3/t18-/m0/s1. The predicted octanol–water partition coefficient (Wildman–Crippen LogP) is 6.68. The summed E-state index contributed by atoms with van der Waals surface area (Å²) in [4.78, 5) is 0.266. The molecule has 0 unspecified atom stereocenters. The predicted molar refractivity (Wildman–Crippen MR) is 127 cm³/mol. The number of nitrogens with one attached hydrogen (secondary N) is 1. The highest BCUT2D eigenvalue weighted by molar-refractivity contribution is 7.92. The van der Waals surface area contributed by atoms with E-state index in [0.717, 1.165) is 41.6 Å². The topological polar surface area (TPSA) is 59.3 Å². The van der Waals surface area contributed by atoms with Gasteiger partial charge in [0.25, 0.3) is 10.0 Å². The van der Waals surface area contributed by atoms with Crippen molar-refractivity contribution in [3.63, 3.8) is 0 Å². The van der Waals surface area contributed by atoms with Crippen LogP contribution in [0.1, 0.15) is 64.9 Å². The number of hydrogen-bond donors (Lipinski definition) is 1. The molecule has 1 atom stereocenters. The fourth-order valence-corrected chi connectivity index (χ4v) is 5.48. The summed E-state index contributed by atoms with van der Waals surface area (Å²) < 4.78 is 34.8. The van der Waals surface area contributed by atoms with Crippen LogP contribution in [0.2, 0.25) is 0 Å². The molecule has 0 radical (unpaired) electrons. The summed E-state index contributed by atoms with van der Waals surface area (Å²) in [6.45, 7) is 13.2. The largest absolute Gasteiger partial charge is 0.461 e. The maximum Gasteiger partial charge on any atom is 0.261 e. The van der Waals surface area contributed by atoms with Crippen molar-refractivity contribution < 1.29 is 12.8 Å². The fourth-order valence-electron chi connectivity index (χ4n) is 4.43. The Morgan fingerprint density at radius 1 is 0.968 bits per heavy atom. The second-order valence-electron chi connectivity index (χ2n) is 10.9. The van der Waals surface area contributed by atoms with Crippen molar-refractivity contribution in [3.8, 4) is 0 Å². The number of benzene rings is 2. The summed E-state index contributed by atoms with van der Waals surface area (Å²) in [6.07, 6.45) is 3.03. The normalized spacial score (nSPS) is 17.5. The fraction of sp³-hybridized carbons (Fsp3) is 0.462. The smallest absolute Gasteiger partial charge is 0.261 e. The summed E-state index contributed by atoms with van der Waals surface area (Å²) in [5, 5.41) is 1.02. The van der Waals surface area contributed by atoms with E-state index in [0.29, 0.717) is 11.6 Å². The molecule has 5 heteroatoms. The van der Waals surface area contributed by atoms with Crippen LogP contribution in [0.15, 0.2) is 51.8 Å². The van der Waals surface area contributed by atoms with Crippen molar-refractivity contribution in [2.45, 2.75) is 71.1 Å². The van der Waals surface area contributed by atoms with E-state index in [1.165, 1.54) is 5.56 Å². The first-order valence-corrected chi connectivity index (χ1v) is 12.5. The zero-order valence-electron chi connectivity index (χ0n) is 19.4. The molecular formula is C26H33NO3S. The Hall–Kier alpha value is -2.27. The van der Waals surface area contributed by atoms with Gasteiger partial charge < -0.3 is 4.42 Å². The molecule has 4 nitrogen and oxygen atoms in total. The molecule has 1 N–H and O–H groups in total. The van der Waals surface area contributed by atoms with Gasteiger partial charge in [-0.25, -0.2) is 8.42 Å². The van der Waals surface area contributed by atoms with Crippen LogP contribution in [0, 0.1) is 11.3 Å². The Labute approximate surface area is 186 Å². The average Bonchev–Trinajstić information content (AvgIpc) is 3.04. The van der Waals surface area contributed by atoms with Gasteiger partial charge in [0.2, 0.25) is 0 Å². The molecule has 2 aromatic carbocycles. The number of aryl methyl sites for hydroxylation is 1. The highest BCUT2D eigenvalue weighted by atomic mass is 32.2. The van der Waals surface area contributed by atoms with Gasteiger partial charge in [-0.2, -0.15) is 0 Å². The van der Waals surface area contributed by atoms with Gasteiger partial charge in [0.15, 0.2) is 0 Å². The lowest BCUT2D eigenvalue weighted by molar-refractivity contribution is 0.210. The molecule has 0 fully saturated rings. The summed E-state index contributed by atoms with van der Waals surface area (Å²) >= 11 is 0. The third kappa shape index (κ3) is 4.38. The average molecular weight is 440 g/mol. The molecule has 1 aromatic heterocycles. The second kappa shape index (κ2) is 7.40. The molecule has 4 rings (SSSR count). The molecule has 1 heterocycles. The Bertz CT molecular complexity index is 1210. The molecule has 31 heavy (non-hydrogen) atoms. The minimum atomic E-state index is -3.66. The molecule has 1 aliphatic carbocycles. The highest BCUT2D eigenvalue weighted by Gasteiger charge is 2.31. The van der Waals surface area contributed by atoms with Gasteiger partial charge in [-0.15, -0.1) is 0 Å². The van der Waals surface area contributed by atoms with Gasteiger partial charge in [-0.3, -0.25) is 4.72 Å². The van der Waals surface area contributed by atoms with Crippen LogP contribution in [-0.4, -0.2) is 8.42 Å². The quantitative estimate of drug-likeness (QED) is 0.495. The number of furan rings is 1. The SMILES string of the molecule is CC(C)(C)c1ccc(S(=O)(=O)Nc2ccc3oc4c(c3c2)C[C@@H](C(C)(C)C)CC4)cc1. The van der Waals surface area contributed by atoms with Gasteiger partial charge in [0, 0.05) is 23.1 Å². The Kier molecular flexibility index (Phi) is 5.24. The first-order valence-electron chi connectivity index (χ1n) is 11.0. The first-order chi connectivity index (χ1) is 14.3. The number of rotatable bonds is 3. The van der Waals surface area contributed by atoms with E-state index in [4.69, 9.17) is 4.42 Å². The molecule has 0 amide bonds. The van der Waals surface area contributed by atoms with Crippen LogP contribution in [0.3, 0.4) is 0 Å². The van der Waals surface area contributed by atoms with Gasteiger partial charge in [0.05, 0.1) is 4.90 Å². The molecular weight excluding hydrogens is 406 g/mol. The minimum Gasteiger partial charge on any atom is -0.461 e. The van der Waals surface area contributed by atoms with Crippen LogP contribution < -0.4 is 4.72 Å². The van der Waals surface area contributed by atoms with E-state index >= 15 is 0 Å². The molecule has 0 spiro atoms. The van der Waals surface area contributed by atoms with E-state index in [1.807, 2.05) is 24.3 Å². The summed E-state index contributed by atoms with van der Waals surface area (Å²) in [7, 11) is -3.66. The lowest BCUT2D eigenvalue weighted by Gasteiger charge is -2.33. The van der Waals surface area contributed by atoms with Crippen molar-refractivity contribution >= 4 is 26.7 Å². The lowest BCUT2D eigenvalue weighted by Crippen LogP contribution is -2.26. The van der Waals surface area contributed by atoms with Crippen LogP contribution in [-0.2, 0) is 28.3 Å². The summed E-state index contributed by atoms with van der Waals surface area (Å²) in [5.74, 6) is 1.63. The van der Waals surface area contributed by atoms with E-state index in [1.54, 1.807) is 18.2 Å². The van der Waals surface area contributed by atoms with Gasteiger partial charge in [-0.1, -0.05) is 53.7 Å². The van der Waals surface area contributed by atoms with E-state index in [-0.39, 0.29) is 15.7 Å². The number of anilines is 1. The molecule has 0 bridgehead atoms. The number of sulfonamides is 1. The second-order valence-corrected chi connectivity index (χ2v) is 12.6. The molecule has 0 saturated carbocycles. The van der Waals surface area contributed by atoms with Crippen LogP contribution >= 0.6 is 0 Å². The van der Waals surface area contributed by atoms with E-state index < -0.39 is 10.0 Å². The maximum absolute atomic E-state index is 13.0. The number of hydrogen-bond acceptors (Lipinski definition) is 3. The van der Waals surface area contributed by atoms with Crippen molar-refractivity contribution in [3.05, 3.63) is 59.4 Å². The molecule has 1 aliphatic rings. The van der Waals surface area contributed by atoms with Crippen LogP contribution in [0.25, 0.3) is 11.0 Å². The van der Waals surface area contributed by atoms with E-state index in [2.05, 4.69) is 46.3 Å². The Morgan fingerprint density at radius 2 is 1.65 bits per heavy atom. The van der Waals surface area contributed by atoms with Crippen molar-refractivity contribution in [1.82, 2.24) is 0 Å². The van der Waals surface area contributed by atoms with E-state index in [9.17, 15) is 8.42 Å². The molecule has 0 aliphatic heterocycles. The highest BCUT2D eigenvalue weighted by Crippen LogP contribution is 2.41. The van der Waals surface area contributed by atoms with Crippen LogP contribution in [0.5, 0.6) is 0 Å².